The van der Waals surface area contributed by atoms with Gasteiger partial charge in [0.05, 0.1) is 16.7 Å². The maximum atomic E-state index is 13.4. The maximum absolute atomic E-state index is 13.4. The van der Waals surface area contributed by atoms with E-state index in [9.17, 15) is 18.0 Å². The lowest BCUT2D eigenvalue weighted by Crippen LogP contribution is -2.18. The van der Waals surface area contributed by atoms with Gasteiger partial charge in [-0.1, -0.05) is 48.5 Å². The first-order chi connectivity index (χ1) is 17.8. The molecule has 8 heteroatoms. The molecule has 0 radical (unpaired) electrons. The van der Waals surface area contributed by atoms with E-state index < -0.39 is 23.2 Å². The van der Waals surface area contributed by atoms with Crippen molar-refractivity contribution in [3.8, 4) is 17.2 Å². The van der Waals surface area contributed by atoms with Crippen LogP contribution in [0.2, 0.25) is 0 Å². The van der Waals surface area contributed by atoms with Crippen molar-refractivity contribution in [2.45, 2.75) is 19.7 Å². The lowest BCUT2D eigenvalue weighted by molar-refractivity contribution is -0.137. The van der Waals surface area contributed by atoms with Gasteiger partial charge in [-0.25, -0.2) is 4.98 Å². The lowest BCUT2D eigenvalue weighted by Gasteiger charge is -2.14. The quantitative estimate of drug-likeness (QED) is 0.259. The first-order valence-electron chi connectivity index (χ1n) is 11.4. The van der Waals surface area contributed by atoms with Gasteiger partial charge in [0.25, 0.3) is 5.91 Å². The molecular formula is C29H21F3N2O3. The van der Waals surface area contributed by atoms with Gasteiger partial charge in [-0.3, -0.25) is 4.79 Å². The summed E-state index contributed by atoms with van der Waals surface area (Å²) in [4.78, 5) is 17.4. The van der Waals surface area contributed by atoms with Crippen LogP contribution in [-0.4, -0.2) is 10.9 Å². The number of ether oxygens (including phenoxy) is 1. The Morgan fingerprint density at radius 1 is 0.946 bits per heavy atom. The molecule has 1 aromatic heterocycles. The summed E-state index contributed by atoms with van der Waals surface area (Å²) in [5, 5.41) is 2.56. The summed E-state index contributed by atoms with van der Waals surface area (Å²) >= 11 is 0. The molecule has 0 saturated carbocycles. The fourth-order valence-corrected chi connectivity index (χ4v) is 3.92. The molecule has 37 heavy (non-hydrogen) atoms. The normalized spacial score (nSPS) is 11.5. The molecule has 5 rings (SSSR count). The zero-order valence-corrected chi connectivity index (χ0v) is 19.7. The van der Waals surface area contributed by atoms with Gasteiger partial charge >= 0.3 is 6.18 Å². The van der Waals surface area contributed by atoms with Crippen LogP contribution in [0.15, 0.2) is 95.4 Å². The number of carbonyl (C=O) groups excluding carboxylic acids is 1. The molecule has 0 aliphatic rings. The fraction of sp³-hybridized carbons (Fsp3) is 0.103. The molecule has 1 heterocycles. The zero-order valence-electron chi connectivity index (χ0n) is 19.7. The summed E-state index contributed by atoms with van der Waals surface area (Å²) in [7, 11) is 0. The van der Waals surface area contributed by atoms with E-state index in [4.69, 9.17) is 9.15 Å². The topological polar surface area (TPSA) is 64.4 Å². The predicted molar refractivity (Wildman–Crippen MR) is 134 cm³/mol. The Bertz CT molecular complexity index is 1580. The highest BCUT2D eigenvalue weighted by Gasteiger charge is 2.34. The Kier molecular flexibility index (Phi) is 6.40. The Morgan fingerprint density at radius 3 is 2.49 bits per heavy atom. The minimum Gasteiger partial charge on any atom is -0.488 e. The van der Waals surface area contributed by atoms with Crippen LogP contribution in [-0.2, 0) is 12.8 Å². The van der Waals surface area contributed by atoms with Crippen molar-refractivity contribution < 1.29 is 27.1 Å². The number of aromatic nitrogens is 1. The number of fused-ring (bicyclic) bond motifs is 1. The van der Waals surface area contributed by atoms with Gasteiger partial charge in [-0.2, -0.15) is 13.2 Å². The summed E-state index contributed by atoms with van der Waals surface area (Å²) in [5.41, 5.74) is 2.41. The highest BCUT2D eigenvalue weighted by molar-refractivity contribution is 6.05. The smallest absolute Gasteiger partial charge is 0.417 e. The summed E-state index contributed by atoms with van der Waals surface area (Å²) in [6.45, 7) is 2.22. The molecule has 1 amide bonds. The Morgan fingerprint density at radius 2 is 1.70 bits per heavy atom. The van der Waals surface area contributed by atoms with Crippen LogP contribution in [0, 0.1) is 6.92 Å². The summed E-state index contributed by atoms with van der Waals surface area (Å²) < 4.78 is 52.3. The van der Waals surface area contributed by atoms with E-state index in [1.165, 1.54) is 12.1 Å². The molecule has 0 aliphatic heterocycles. The van der Waals surface area contributed by atoms with Crippen LogP contribution >= 0.6 is 0 Å². The van der Waals surface area contributed by atoms with Gasteiger partial charge in [0.2, 0.25) is 5.89 Å². The highest BCUT2D eigenvalue weighted by Crippen LogP contribution is 2.36. The third kappa shape index (κ3) is 5.33. The Labute approximate surface area is 210 Å². The number of benzene rings is 4. The third-order valence-electron chi connectivity index (χ3n) is 5.73. The molecule has 0 fully saturated rings. The molecular weight excluding hydrogens is 481 g/mol. The van der Waals surface area contributed by atoms with Gasteiger partial charge in [0.15, 0.2) is 5.58 Å². The molecule has 0 unspecified atom stereocenters. The average Bonchev–Trinajstić information content (AvgIpc) is 3.31. The first-order valence-corrected chi connectivity index (χ1v) is 11.4. The Hall–Kier alpha value is -4.59. The minimum absolute atomic E-state index is 0.260. The van der Waals surface area contributed by atoms with Crippen molar-refractivity contribution >= 4 is 22.7 Å². The standard InChI is InChI=1S/C29H21F3N2O3/c1-18-11-13-26-24(15-18)34-28(37-26)22-16-20(12-14-25(22)36-17-19-7-3-2-4-8-19)33-27(35)21-9-5-6-10-23(21)29(30,31)32/h2-16H,17H2,1H3,(H,33,35). The Balaban J connectivity index is 1.50. The summed E-state index contributed by atoms with van der Waals surface area (Å²) in [6, 6.07) is 24.6. The van der Waals surface area contributed by atoms with Gasteiger partial charge < -0.3 is 14.5 Å². The summed E-state index contributed by atoms with van der Waals surface area (Å²) in [6.07, 6.45) is -4.66. The van der Waals surface area contributed by atoms with Crippen LogP contribution in [0.25, 0.3) is 22.6 Å². The second kappa shape index (κ2) is 9.81. The van der Waals surface area contributed by atoms with E-state index in [0.29, 0.717) is 22.4 Å². The zero-order chi connectivity index (χ0) is 26.0. The number of amides is 1. The largest absolute Gasteiger partial charge is 0.488 e. The number of carbonyl (C=O) groups is 1. The van der Waals surface area contributed by atoms with E-state index in [2.05, 4.69) is 10.3 Å². The number of hydrogen-bond donors (Lipinski definition) is 1. The first kappa shape index (κ1) is 24.1. The van der Waals surface area contributed by atoms with Gasteiger partial charge in [0, 0.05) is 5.69 Å². The van der Waals surface area contributed by atoms with Crippen molar-refractivity contribution in [2.75, 3.05) is 5.32 Å². The van der Waals surface area contributed by atoms with E-state index in [-0.39, 0.29) is 18.2 Å². The number of anilines is 1. The van der Waals surface area contributed by atoms with Crippen LogP contribution in [0.1, 0.15) is 27.0 Å². The van der Waals surface area contributed by atoms with Crippen LogP contribution in [0.4, 0.5) is 18.9 Å². The van der Waals surface area contributed by atoms with Crippen LogP contribution in [0.5, 0.6) is 5.75 Å². The minimum atomic E-state index is -4.66. The van der Waals surface area contributed by atoms with Crippen molar-refractivity contribution in [3.63, 3.8) is 0 Å². The lowest BCUT2D eigenvalue weighted by atomic mass is 10.1. The molecule has 5 nitrogen and oxygen atoms in total. The number of nitrogens with one attached hydrogen (secondary N) is 1. The van der Waals surface area contributed by atoms with Crippen molar-refractivity contribution in [1.82, 2.24) is 4.98 Å². The number of hydrogen-bond acceptors (Lipinski definition) is 4. The molecule has 0 spiro atoms. The van der Waals surface area contributed by atoms with E-state index >= 15 is 0 Å². The maximum Gasteiger partial charge on any atom is 0.417 e. The molecule has 0 atom stereocenters. The van der Waals surface area contributed by atoms with Crippen molar-refractivity contribution in [3.05, 3.63) is 113 Å². The number of nitrogens with zero attached hydrogens (tertiary/aromatic N) is 1. The van der Waals surface area contributed by atoms with Gasteiger partial charge in [0.1, 0.15) is 17.9 Å². The SMILES string of the molecule is Cc1ccc2oc(-c3cc(NC(=O)c4ccccc4C(F)(F)F)ccc3OCc3ccccc3)nc2c1. The number of halogens is 3. The molecule has 0 aliphatic carbocycles. The fourth-order valence-electron chi connectivity index (χ4n) is 3.92. The molecule has 4 aromatic carbocycles. The van der Waals surface area contributed by atoms with Crippen LogP contribution < -0.4 is 10.1 Å². The molecule has 5 aromatic rings. The third-order valence-corrected chi connectivity index (χ3v) is 5.73. The number of aryl methyl sites for hydroxylation is 1. The second-order valence-corrected chi connectivity index (χ2v) is 8.47. The van der Waals surface area contributed by atoms with Crippen molar-refractivity contribution in [1.29, 1.82) is 0 Å². The van der Waals surface area contributed by atoms with E-state index in [0.717, 1.165) is 23.3 Å². The molecule has 0 bridgehead atoms. The predicted octanol–water partition coefficient (Wildman–Crippen LogP) is 7.65. The number of alkyl halides is 3. The van der Waals surface area contributed by atoms with Crippen LogP contribution in [0.3, 0.4) is 0 Å². The second-order valence-electron chi connectivity index (χ2n) is 8.47. The van der Waals surface area contributed by atoms with E-state index in [1.807, 2.05) is 55.5 Å². The monoisotopic (exact) mass is 502 g/mol. The molecule has 1 N–H and O–H groups in total. The van der Waals surface area contributed by atoms with Crippen molar-refractivity contribution in [2.24, 2.45) is 0 Å². The van der Waals surface area contributed by atoms with E-state index in [1.54, 1.807) is 18.2 Å². The number of oxazole rings is 1. The van der Waals surface area contributed by atoms with Gasteiger partial charge in [-0.05, 0) is 60.5 Å². The average molecular weight is 502 g/mol. The van der Waals surface area contributed by atoms with Gasteiger partial charge in [-0.15, -0.1) is 0 Å². The molecule has 0 saturated heterocycles. The molecule has 186 valence electrons. The highest BCUT2D eigenvalue weighted by atomic mass is 19.4. The number of rotatable bonds is 6. The summed E-state index contributed by atoms with van der Waals surface area (Å²) in [5.74, 6) is -0.179.